The molecule has 0 fully saturated rings. The van der Waals surface area contributed by atoms with Gasteiger partial charge in [-0.25, -0.2) is 9.97 Å². The Bertz CT molecular complexity index is 548. The van der Waals surface area contributed by atoms with Crippen LogP contribution in [0.15, 0.2) is 30.3 Å². The maximum Gasteiger partial charge on any atom is 0.224 e. The normalized spacial score (nSPS) is 13.9. The van der Waals surface area contributed by atoms with E-state index in [1.165, 1.54) is 11.3 Å². The summed E-state index contributed by atoms with van der Waals surface area (Å²) in [5.41, 5.74) is 3.48. The van der Waals surface area contributed by atoms with Crippen molar-refractivity contribution in [2.75, 3.05) is 11.4 Å². The lowest BCUT2D eigenvalue weighted by Gasteiger charge is -2.18. The summed E-state index contributed by atoms with van der Waals surface area (Å²) in [6.45, 7) is 2.88. The van der Waals surface area contributed by atoms with Gasteiger partial charge in [0, 0.05) is 24.0 Å². The maximum absolute atomic E-state index is 5.91. The molecule has 2 heterocycles. The van der Waals surface area contributed by atoms with E-state index < -0.39 is 0 Å². The molecule has 0 saturated carbocycles. The van der Waals surface area contributed by atoms with Crippen molar-refractivity contribution in [3.05, 3.63) is 46.9 Å². The van der Waals surface area contributed by atoms with E-state index in [2.05, 4.69) is 33.1 Å². The minimum absolute atomic E-state index is 0.310. The van der Waals surface area contributed by atoms with Crippen molar-refractivity contribution in [3.8, 4) is 0 Å². The second-order valence-electron chi connectivity index (χ2n) is 4.17. The fourth-order valence-corrected chi connectivity index (χ4v) is 2.45. The van der Waals surface area contributed by atoms with Gasteiger partial charge in [-0.1, -0.05) is 18.2 Å². The van der Waals surface area contributed by atoms with E-state index in [9.17, 15) is 0 Å². The zero-order chi connectivity index (χ0) is 11.8. The van der Waals surface area contributed by atoms with Crippen molar-refractivity contribution in [2.24, 2.45) is 0 Å². The zero-order valence-electron chi connectivity index (χ0n) is 9.52. The van der Waals surface area contributed by atoms with Crippen LogP contribution in [0.25, 0.3) is 0 Å². The third-order valence-corrected chi connectivity index (χ3v) is 3.15. The highest BCUT2D eigenvalue weighted by Crippen LogP contribution is 2.33. The highest BCUT2D eigenvalue weighted by molar-refractivity contribution is 6.28. The predicted molar refractivity (Wildman–Crippen MR) is 68.9 cm³/mol. The standard InChI is InChI=1S/C13H12ClN3/c1-9-8-12(16-13(14)15-9)17-7-6-10-4-2-3-5-11(10)17/h2-5,8H,6-7H2,1H3. The Labute approximate surface area is 105 Å². The SMILES string of the molecule is Cc1cc(N2CCc3ccccc32)nc(Cl)n1. The van der Waals surface area contributed by atoms with Gasteiger partial charge in [-0.05, 0) is 36.6 Å². The number of anilines is 2. The predicted octanol–water partition coefficient (Wildman–Crippen LogP) is 3.13. The van der Waals surface area contributed by atoms with Gasteiger partial charge in [0.15, 0.2) is 0 Å². The monoisotopic (exact) mass is 245 g/mol. The molecular weight excluding hydrogens is 234 g/mol. The average molecular weight is 246 g/mol. The number of fused-ring (bicyclic) bond motifs is 1. The van der Waals surface area contributed by atoms with Crippen LogP contribution in [0.3, 0.4) is 0 Å². The van der Waals surface area contributed by atoms with Gasteiger partial charge in [-0.2, -0.15) is 0 Å². The van der Waals surface area contributed by atoms with Gasteiger partial charge < -0.3 is 4.90 Å². The number of halogens is 1. The lowest BCUT2D eigenvalue weighted by molar-refractivity contribution is 0.957. The highest BCUT2D eigenvalue weighted by Gasteiger charge is 2.21. The molecule has 0 radical (unpaired) electrons. The molecule has 4 heteroatoms. The third kappa shape index (κ3) is 1.87. The number of aryl methyl sites for hydroxylation is 1. The second-order valence-corrected chi connectivity index (χ2v) is 4.50. The molecule has 0 aliphatic carbocycles. The van der Waals surface area contributed by atoms with Crippen LogP contribution in [-0.4, -0.2) is 16.5 Å². The molecule has 0 N–H and O–H groups in total. The Morgan fingerprint density at radius 1 is 1.24 bits per heavy atom. The number of aromatic nitrogens is 2. The van der Waals surface area contributed by atoms with Crippen LogP contribution in [-0.2, 0) is 6.42 Å². The van der Waals surface area contributed by atoms with Gasteiger partial charge in [-0.3, -0.25) is 0 Å². The van der Waals surface area contributed by atoms with E-state index in [4.69, 9.17) is 11.6 Å². The van der Waals surface area contributed by atoms with Gasteiger partial charge in [0.25, 0.3) is 0 Å². The quantitative estimate of drug-likeness (QED) is 0.723. The molecule has 1 aromatic carbocycles. The minimum atomic E-state index is 0.310. The fourth-order valence-electron chi connectivity index (χ4n) is 2.23. The first-order valence-electron chi connectivity index (χ1n) is 5.61. The number of hydrogen-bond acceptors (Lipinski definition) is 3. The van der Waals surface area contributed by atoms with Crippen molar-refractivity contribution < 1.29 is 0 Å². The van der Waals surface area contributed by atoms with Gasteiger partial charge in [0.05, 0.1) is 0 Å². The molecule has 86 valence electrons. The fraction of sp³-hybridized carbons (Fsp3) is 0.231. The number of rotatable bonds is 1. The van der Waals surface area contributed by atoms with Crippen molar-refractivity contribution in [1.82, 2.24) is 9.97 Å². The van der Waals surface area contributed by atoms with Crippen LogP contribution < -0.4 is 4.90 Å². The van der Waals surface area contributed by atoms with Crippen molar-refractivity contribution in [2.45, 2.75) is 13.3 Å². The Morgan fingerprint density at radius 3 is 2.88 bits per heavy atom. The second kappa shape index (κ2) is 4.00. The van der Waals surface area contributed by atoms with Gasteiger partial charge in [-0.15, -0.1) is 0 Å². The van der Waals surface area contributed by atoms with Gasteiger partial charge in [0.1, 0.15) is 5.82 Å². The molecule has 3 nitrogen and oxygen atoms in total. The average Bonchev–Trinajstić information content (AvgIpc) is 2.71. The summed E-state index contributed by atoms with van der Waals surface area (Å²) in [6.07, 6.45) is 1.05. The molecular formula is C13H12ClN3. The van der Waals surface area contributed by atoms with Crippen molar-refractivity contribution >= 4 is 23.1 Å². The van der Waals surface area contributed by atoms with Crippen LogP contribution in [0.1, 0.15) is 11.3 Å². The molecule has 0 amide bonds. The van der Waals surface area contributed by atoms with Gasteiger partial charge in [0.2, 0.25) is 5.28 Å². The summed E-state index contributed by atoms with van der Waals surface area (Å²) in [4.78, 5) is 10.6. The number of nitrogens with zero attached hydrogens (tertiary/aromatic N) is 3. The molecule has 0 spiro atoms. The summed E-state index contributed by atoms with van der Waals surface area (Å²) in [6, 6.07) is 10.4. The van der Waals surface area contributed by atoms with Crippen molar-refractivity contribution in [3.63, 3.8) is 0 Å². The van der Waals surface area contributed by atoms with E-state index in [-0.39, 0.29) is 0 Å². The first-order chi connectivity index (χ1) is 8.24. The van der Waals surface area contributed by atoms with E-state index >= 15 is 0 Å². The van der Waals surface area contributed by atoms with Crippen LogP contribution >= 0.6 is 11.6 Å². The molecule has 0 saturated heterocycles. The van der Waals surface area contributed by atoms with E-state index in [1.807, 2.05) is 19.1 Å². The molecule has 2 aromatic rings. The maximum atomic E-state index is 5.91. The molecule has 0 atom stereocenters. The van der Waals surface area contributed by atoms with Crippen LogP contribution in [0.4, 0.5) is 11.5 Å². The van der Waals surface area contributed by atoms with E-state index in [0.29, 0.717) is 5.28 Å². The molecule has 17 heavy (non-hydrogen) atoms. The molecule has 1 aliphatic heterocycles. The number of benzene rings is 1. The minimum Gasteiger partial charge on any atom is -0.326 e. The summed E-state index contributed by atoms with van der Waals surface area (Å²) >= 11 is 5.91. The third-order valence-electron chi connectivity index (χ3n) is 2.98. The van der Waals surface area contributed by atoms with Crippen LogP contribution in [0.5, 0.6) is 0 Å². The zero-order valence-corrected chi connectivity index (χ0v) is 10.3. The number of para-hydroxylation sites is 1. The molecule has 0 unspecified atom stereocenters. The first kappa shape index (κ1) is 10.5. The summed E-state index contributed by atoms with van der Waals surface area (Å²) in [5.74, 6) is 0.882. The Balaban J connectivity index is 2.06. The molecule has 1 aromatic heterocycles. The van der Waals surface area contributed by atoms with E-state index in [0.717, 1.165) is 24.5 Å². The van der Waals surface area contributed by atoms with Gasteiger partial charge >= 0.3 is 0 Å². The van der Waals surface area contributed by atoms with Crippen molar-refractivity contribution in [1.29, 1.82) is 0 Å². The lowest BCUT2D eigenvalue weighted by atomic mass is 10.2. The smallest absolute Gasteiger partial charge is 0.224 e. The molecule has 3 rings (SSSR count). The van der Waals surface area contributed by atoms with Crippen LogP contribution in [0.2, 0.25) is 5.28 Å². The van der Waals surface area contributed by atoms with E-state index in [1.54, 1.807) is 0 Å². The highest BCUT2D eigenvalue weighted by atomic mass is 35.5. The summed E-state index contributed by atoms with van der Waals surface area (Å²) in [7, 11) is 0. The number of hydrogen-bond donors (Lipinski definition) is 0. The molecule has 1 aliphatic rings. The topological polar surface area (TPSA) is 29.0 Å². The molecule has 0 bridgehead atoms. The summed E-state index contributed by atoms with van der Waals surface area (Å²) in [5, 5.41) is 0.310. The van der Waals surface area contributed by atoms with Crippen LogP contribution in [0, 0.1) is 6.92 Å². The first-order valence-corrected chi connectivity index (χ1v) is 5.98. The Morgan fingerprint density at radius 2 is 2.06 bits per heavy atom. The largest absolute Gasteiger partial charge is 0.326 e. The Hall–Kier alpha value is -1.61. The Kier molecular flexibility index (Phi) is 2.48. The summed E-state index contributed by atoms with van der Waals surface area (Å²) < 4.78 is 0. The lowest BCUT2D eigenvalue weighted by Crippen LogP contribution is -2.15.